The third kappa shape index (κ3) is 7.93. The van der Waals surface area contributed by atoms with E-state index >= 15 is 0 Å². The van der Waals surface area contributed by atoms with E-state index in [4.69, 9.17) is 9.72 Å². The Morgan fingerprint density at radius 1 is 0.851 bits per heavy atom. The van der Waals surface area contributed by atoms with Gasteiger partial charge in [-0.05, 0) is 41.3 Å². The van der Waals surface area contributed by atoms with Crippen molar-refractivity contribution in [2.24, 2.45) is 0 Å². The van der Waals surface area contributed by atoms with Crippen molar-refractivity contribution in [3.63, 3.8) is 0 Å². The lowest BCUT2D eigenvalue weighted by molar-refractivity contribution is -0.116. The fraction of sp³-hybridized carbons (Fsp3) is 0.250. The van der Waals surface area contributed by atoms with Crippen LogP contribution < -0.4 is 15.5 Å². The van der Waals surface area contributed by atoms with Crippen molar-refractivity contribution in [3.05, 3.63) is 107 Å². The van der Waals surface area contributed by atoms with Crippen molar-refractivity contribution in [2.45, 2.75) is 26.4 Å². The summed E-state index contributed by atoms with van der Waals surface area (Å²) < 4.78 is 5.21. The van der Waals surface area contributed by atoms with E-state index in [-0.39, 0.29) is 37.3 Å². The second kappa shape index (κ2) is 14.9. The third-order valence-corrected chi connectivity index (χ3v) is 9.14. The number of amides is 3. The van der Waals surface area contributed by atoms with Crippen molar-refractivity contribution in [3.8, 4) is 11.1 Å². The summed E-state index contributed by atoms with van der Waals surface area (Å²) in [7, 11) is 0. The van der Waals surface area contributed by atoms with Crippen LogP contribution in [0.25, 0.3) is 21.3 Å². The van der Waals surface area contributed by atoms with Crippen LogP contribution in [0.15, 0.2) is 91.0 Å². The zero-order valence-corrected chi connectivity index (χ0v) is 27.0. The lowest BCUT2D eigenvalue weighted by Gasteiger charge is -2.35. The number of carbonyl (C=O) groups is 3. The number of anilines is 2. The van der Waals surface area contributed by atoms with E-state index in [1.807, 2.05) is 77.7 Å². The number of ether oxygens (including phenoxy) is 1. The smallest absolute Gasteiger partial charge is 0.407 e. The number of aryl methyl sites for hydroxylation is 1. The average Bonchev–Trinajstić information content (AvgIpc) is 3.54. The van der Waals surface area contributed by atoms with E-state index in [1.54, 1.807) is 11.3 Å². The maximum Gasteiger partial charge on any atom is 0.407 e. The molecule has 1 aliphatic rings. The number of rotatable bonds is 10. The van der Waals surface area contributed by atoms with Crippen molar-refractivity contribution in [1.82, 2.24) is 20.2 Å². The molecule has 2 N–H and O–H groups in total. The number of fused-ring (bicyclic) bond motifs is 1. The van der Waals surface area contributed by atoms with Gasteiger partial charge in [0.2, 0.25) is 11.9 Å². The van der Waals surface area contributed by atoms with Crippen LogP contribution in [0.4, 0.5) is 16.6 Å². The largest absolute Gasteiger partial charge is 0.445 e. The van der Waals surface area contributed by atoms with E-state index in [2.05, 4.69) is 45.6 Å². The SMILES string of the molecule is CCc1cc2c(N3CCN(C(=O)c4ccc(-c5ccccc5)cc4)CC3)nc(NC(=O)CCNC(=O)OCc3ccccc3)nc2s1. The zero-order valence-electron chi connectivity index (χ0n) is 26.1. The molecule has 2 aromatic heterocycles. The van der Waals surface area contributed by atoms with Gasteiger partial charge in [0.25, 0.3) is 5.91 Å². The number of carbonyl (C=O) groups excluding carboxylic acids is 3. The second-order valence-electron chi connectivity index (χ2n) is 11.2. The molecule has 6 rings (SSSR count). The topological polar surface area (TPSA) is 117 Å². The highest BCUT2D eigenvalue weighted by Gasteiger charge is 2.25. The molecule has 1 fully saturated rings. The van der Waals surface area contributed by atoms with Crippen molar-refractivity contribution >= 4 is 51.2 Å². The maximum atomic E-state index is 13.4. The van der Waals surface area contributed by atoms with E-state index < -0.39 is 6.09 Å². The van der Waals surface area contributed by atoms with Gasteiger partial charge in [0.05, 0.1) is 5.39 Å². The van der Waals surface area contributed by atoms with E-state index in [9.17, 15) is 14.4 Å². The number of benzene rings is 3. The predicted octanol–water partition coefficient (Wildman–Crippen LogP) is 6.14. The van der Waals surface area contributed by atoms with Gasteiger partial charge in [0.15, 0.2) is 0 Å². The molecular formula is C36H36N6O4S. The van der Waals surface area contributed by atoms with E-state index in [1.165, 1.54) is 4.88 Å². The molecule has 1 saturated heterocycles. The van der Waals surface area contributed by atoms with Gasteiger partial charge in [0, 0.05) is 49.6 Å². The summed E-state index contributed by atoms with van der Waals surface area (Å²) in [5.41, 5.74) is 3.73. The number of nitrogens with zero attached hydrogens (tertiary/aromatic N) is 4. The lowest BCUT2D eigenvalue weighted by atomic mass is 10.0. The summed E-state index contributed by atoms with van der Waals surface area (Å²) in [6, 6.07) is 29.3. The summed E-state index contributed by atoms with van der Waals surface area (Å²) in [5, 5.41) is 6.34. The third-order valence-electron chi connectivity index (χ3n) is 7.96. The summed E-state index contributed by atoms with van der Waals surface area (Å²) in [6.07, 6.45) is 0.309. The Morgan fingerprint density at radius 2 is 1.53 bits per heavy atom. The Morgan fingerprint density at radius 3 is 2.23 bits per heavy atom. The highest BCUT2D eigenvalue weighted by atomic mass is 32.1. The predicted molar refractivity (Wildman–Crippen MR) is 185 cm³/mol. The molecule has 5 aromatic rings. The summed E-state index contributed by atoms with van der Waals surface area (Å²) in [5.74, 6) is 0.639. The lowest BCUT2D eigenvalue weighted by Crippen LogP contribution is -2.49. The van der Waals surface area contributed by atoms with Gasteiger partial charge in [-0.25, -0.2) is 9.78 Å². The van der Waals surface area contributed by atoms with Crippen LogP contribution in [0.5, 0.6) is 0 Å². The zero-order chi connectivity index (χ0) is 32.6. The molecule has 0 unspecified atom stereocenters. The van der Waals surface area contributed by atoms with Crippen LogP contribution in [0.3, 0.4) is 0 Å². The quantitative estimate of drug-likeness (QED) is 0.187. The molecule has 10 nitrogen and oxygen atoms in total. The van der Waals surface area contributed by atoms with Crippen LogP contribution in [0.1, 0.15) is 34.1 Å². The van der Waals surface area contributed by atoms with Gasteiger partial charge >= 0.3 is 6.09 Å². The molecule has 0 bridgehead atoms. The summed E-state index contributed by atoms with van der Waals surface area (Å²) >= 11 is 1.58. The molecule has 0 atom stereocenters. The Kier molecular flexibility index (Phi) is 10.0. The van der Waals surface area contributed by atoms with Gasteiger partial charge in [-0.3, -0.25) is 14.9 Å². The van der Waals surface area contributed by atoms with Gasteiger partial charge in [-0.2, -0.15) is 4.98 Å². The van der Waals surface area contributed by atoms with Crippen LogP contribution >= 0.6 is 11.3 Å². The van der Waals surface area contributed by atoms with Gasteiger partial charge in [0.1, 0.15) is 17.3 Å². The summed E-state index contributed by atoms with van der Waals surface area (Å²) in [4.78, 5) is 53.6. The first-order valence-corrected chi connectivity index (χ1v) is 16.5. The van der Waals surface area contributed by atoms with Gasteiger partial charge in [-0.15, -0.1) is 11.3 Å². The first-order valence-electron chi connectivity index (χ1n) is 15.7. The number of thiophene rings is 1. The number of hydrogen-bond acceptors (Lipinski definition) is 8. The summed E-state index contributed by atoms with van der Waals surface area (Å²) in [6.45, 7) is 4.64. The number of nitrogens with one attached hydrogen (secondary N) is 2. The maximum absolute atomic E-state index is 13.4. The highest BCUT2D eigenvalue weighted by molar-refractivity contribution is 7.18. The van der Waals surface area contributed by atoms with Crippen molar-refractivity contribution in [2.75, 3.05) is 42.9 Å². The number of piperazine rings is 1. The molecule has 3 amide bonds. The minimum Gasteiger partial charge on any atom is -0.445 e. The Bertz CT molecular complexity index is 1840. The minimum atomic E-state index is -0.589. The highest BCUT2D eigenvalue weighted by Crippen LogP contribution is 2.33. The standard InChI is InChI=1S/C36H36N6O4S/c1-2-29-23-30-32(41-19-21-42(22-20-41)34(44)28-15-13-27(14-16-28)26-11-7-4-8-12-26)39-35(40-33(30)47-29)38-31(43)17-18-37-36(45)46-24-25-9-5-3-6-10-25/h3-16,23H,2,17-22,24H2,1H3,(H,37,45)(H,38,39,40,43). The van der Waals surface area contributed by atoms with Crippen LogP contribution in [0, 0.1) is 0 Å². The van der Waals surface area contributed by atoms with Crippen LogP contribution in [-0.2, 0) is 22.6 Å². The first-order chi connectivity index (χ1) is 23.0. The fourth-order valence-electron chi connectivity index (χ4n) is 5.41. The minimum absolute atomic E-state index is 0.00593. The molecule has 240 valence electrons. The average molecular weight is 649 g/mol. The molecule has 11 heteroatoms. The normalized spacial score (nSPS) is 13.0. The molecule has 3 heterocycles. The van der Waals surface area contributed by atoms with Gasteiger partial charge < -0.3 is 19.9 Å². The Balaban J connectivity index is 1.06. The number of aromatic nitrogens is 2. The number of alkyl carbamates (subject to hydrolysis) is 1. The van der Waals surface area contributed by atoms with Crippen LogP contribution in [0.2, 0.25) is 0 Å². The molecule has 0 spiro atoms. The van der Waals surface area contributed by atoms with Crippen LogP contribution in [-0.4, -0.2) is 65.5 Å². The van der Waals surface area contributed by atoms with Crippen molar-refractivity contribution < 1.29 is 19.1 Å². The molecule has 0 saturated carbocycles. The molecular weight excluding hydrogens is 613 g/mol. The molecule has 3 aromatic carbocycles. The Labute approximate surface area is 277 Å². The molecule has 0 radical (unpaired) electrons. The monoisotopic (exact) mass is 648 g/mol. The molecule has 0 aliphatic carbocycles. The van der Waals surface area contributed by atoms with E-state index in [0.717, 1.165) is 39.1 Å². The first kappa shape index (κ1) is 31.7. The second-order valence-corrected chi connectivity index (χ2v) is 12.3. The van der Waals surface area contributed by atoms with Crippen molar-refractivity contribution in [1.29, 1.82) is 0 Å². The fourth-order valence-corrected chi connectivity index (χ4v) is 6.37. The molecule has 47 heavy (non-hydrogen) atoms. The number of hydrogen-bond donors (Lipinski definition) is 2. The molecule has 1 aliphatic heterocycles. The van der Waals surface area contributed by atoms with Gasteiger partial charge in [-0.1, -0.05) is 79.7 Å². The van der Waals surface area contributed by atoms with E-state index in [0.29, 0.717) is 31.7 Å². The Hall–Kier alpha value is -5.29.